The van der Waals surface area contributed by atoms with E-state index in [-0.39, 0.29) is 11.5 Å². The minimum atomic E-state index is -3.61. The third-order valence-corrected chi connectivity index (χ3v) is 4.53. The lowest BCUT2D eigenvalue weighted by Gasteiger charge is -2.22. The molecule has 0 fully saturated rings. The first-order valence-electron chi connectivity index (χ1n) is 5.02. The summed E-state index contributed by atoms with van der Waals surface area (Å²) in [6, 6.07) is 7.09. The number of nitrogens with zero attached hydrogens (tertiary/aromatic N) is 2. The highest BCUT2D eigenvalue weighted by molar-refractivity contribution is 7.89. The van der Waals surface area contributed by atoms with Crippen LogP contribution in [-0.4, -0.2) is 37.5 Å². The summed E-state index contributed by atoms with van der Waals surface area (Å²) in [5.41, 5.74) is 0.404. The number of likely N-dealkylation sites (N-methyl/N-ethyl adjacent to an activating group) is 1. The Hall–Kier alpha value is -1.42. The smallest absolute Gasteiger partial charge is 0.243 e. The van der Waals surface area contributed by atoms with E-state index in [0.717, 1.165) is 4.31 Å². The second kappa shape index (κ2) is 5.27. The molecule has 17 heavy (non-hydrogen) atoms. The zero-order valence-corrected chi connectivity index (χ0v) is 10.5. The van der Waals surface area contributed by atoms with E-state index in [1.165, 1.54) is 31.3 Å². The maximum atomic E-state index is 12.1. The van der Waals surface area contributed by atoms with E-state index in [2.05, 4.69) is 0 Å². The molecule has 0 radical (unpaired) electrons. The fraction of sp³-hybridized carbons (Fsp3) is 0.364. The van der Waals surface area contributed by atoms with Crippen LogP contribution in [0.5, 0.6) is 0 Å². The maximum absolute atomic E-state index is 12.1. The minimum Gasteiger partial charge on any atom is -0.395 e. The van der Waals surface area contributed by atoms with Gasteiger partial charge in [-0.3, -0.25) is 0 Å². The third-order valence-electron chi connectivity index (χ3n) is 2.55. The van der Waals surface area contributed by atoms with Crippen LogP contribution in [0, 0.1) is 11.3 Å². The Morgan fingerprint density at radius 2 is 1.94 bits per heavy atom. The van der Waals surface area contributed by atoms with Gasteiger partial charge < -0.3 is 5.11 Å². The zero-order chi connectivity index (χ0) is 13.1. The average Bonchev–Trinajstić information content (AvgIpc) is 2.36. The average molecular weight is 254 g/mol. The molecule has 0 heterocycles. The second-order valence-electron chi connectivity index (χ2n) is 3.69. The van der Waals surface area contributed by atoms with Gasteiger partial charge in [-0.1, -0.05) is 0 Å². The maximum Gasteiger partial charge on any atom is 0.243 e. The summed E-state index contributed by atoms with van der Waals surface area (Å²) in [5, 5.41) is 17.6. The molecule has 1 atom stereocenters. The van der Waals surface area contributed by atoms with Gasteiger partial charge in [0, 0.05) is 13.1 Å². The molecule has 6 heteroatoms. The van der Waals surface area contributed by atoms with Crippen molar-refractivity contribution in [3.05, 3.63) is 29.8 Å². The Morgan fingerprint density at radius 1 is 1.41 bits per heavy atom. The van der Waals surface area contributed by atoms with Crippen LogP contribution in [0.25, 0.3) is 0 Å². The van der Waals surface area contributed by atoms with Gasteiger partial charge in [-0.15, -0.1) is 0 Å². The monoisotopic (exact) mass is 254 g/mol. The van der Waals surface area contributed by atoms with Crippen LogP contribution < -0.4 is 0 Å². The highest BCUT2D eigenvalue weighted by Crippen LogP contribution is 2.16. The van der Waals surface area contributed by atoms with Crippen molar-refractivity contribution in [3.8, 4) is 6.07 Å². The summed E-state index contributed by atoms with van der Waals surface area (Å²) in [7, 11) is -2.20. The quantitative estimate of drug-likeness (QED) is 0.851. The number of aliphatic hydroxyl groups excluding tert-OH is 1. The molecule has 0 spiro atoms. The standard InChI is InChI=1S/C11H14N2O3S/c1-9(8-14)13(2)17(15,16)11-5-3-10(7-12)4-6-11/h3-6,9,14H,8H2,1-2H3. The summed E-state index contributed by atoms with van der Waals surface area (Å²) in [6.07, 6.45) is 0. The van der Waals surface area contributed by atoms with Gasteiger partial charge in [0.15, 0.2) is 0 Å². The molecule has 1 rings (SSSR count). The first kappa shape index (κ1) is 13.6. The van der Waals surface area contributed by atoms with E-state index in [4.69, 9.17) is 10.4 Å². The van der Waals surface area contributed by atoms with Crippen LogP contribution in [0.2, 0.25) is 0 Å². The van der Waals surface area contributed by atoms with Gasteiger partial charge in [0.1, 0.15) is 0 Å². The summed E-state index contributed by atoms with van der Waals surface area (Å²) in [4.78, 5) is 0.110. The molecule has 0 amide bonds. The predicted molar refractivity (Wildman–Crippen MR) is 62.7 cm³/mol. The fourth-order valence-electron chi connectivity index (χ4n) is 1.22. The normalized spacial score (nSPS) is 13.4. The molecule has 0 aliphatic carbocycles. The van der Waals surface area contributed by atoms with Crippen molar-refractivity contribution >= 4 is 10.0 Å². The van der Waals surface area contributed by atoms with Gasteiger partial charge >= 0.3 is 0 Å². The number of hydrogen-bond donors (Lipinski definition) is 1. The van der Waals surface area contributed by atoms with Crippen LogP contribution in [0.1, 0.15) is 12.5 Å². The second-order valence-corrected chi connectivity index (χ2v) is 5.69. The molecule has 1 N–H and O–H groups in total. The highest BCUT2D eigenvalue weighted by atomic mass is 32.2. The summed E-state index contributed by atoms with van der Waals surface area (Å²) >= 11 is 0. The lowest BCUT2D eigenvalue weighted by Crippen LogP contribution is -2.37. The van der Waals surface area contributed by atoms with Crippen molar-refractivity contribution in [1.29, 1.82) is 5.26 Å². The molecule has 0 aromatic heterocycles. The lowest BCUT2D eigenvalue weighted by molar-refractivity contribution is 0.214. The molecule has 0 bridgehead atoms. The first-order valence-corrected chi connectivity index (χ1v) is 6.46. The molecule has 0 saturated heterocycles. The molecule has 0 aliphatic heterocycles. The molecule has 0 saturated carbocycles. The molecule has 1 aromatic rings. The number of sulfonamides is 1. The van der Waals surface area contributed by atoms with E-state index in [1.54, 1.807) is 6.92 Å². The van der Waals surface area contributed by atoms with Gasteiger partial charge in [0.2, 0.25) is 10.0 Å². The molecular weight excluding hydrogens is 240 g/mol. The number of hydrogen-bond acceptors (Lipinski definition) is 4. The Balaban J connectivity index is 3.09. The Labute approximate surface area is 101 Å². The van der Waals surface area contributed by atoms with Crippen LogP contribution in [-0.2, 0) is 10.0 Å². The van der Waals surface area contributed by atoms with E-state index >= 15 is 0 Å². The Bertz CT molecular complexity index is 517. The van der Waals surface area contributed by atoms with Crippen molar-refractivity contribution in [2.75, 3.05) is 13.7 Å². The van der Waals surface area contributed by atoms with Crippen LogP contribution >= 0.6 is 0 Å². The molecule has 0 aliphatic rings. The number of rotatable bonds is 4. The minimum absolute atomic E-state index is 0.110. The van der Waals surface area contributed by atoms with Crippen molar-refractivity contribution < 1.29 is 13.5 Å². The van der Waals surface area contributed by atoms with Crippen LogP contribution in [0.4, 0.5) is 0 Å². The third kappa shape index (κ3) is 2.82. The Kier molecular flexibility index (Phi) is 4.23. The molecule has 5 nitrogen and oxygen atoms in total. The van der Waals surface area contributed by atoms with Gasteiger partial charge in [-0.05, 0) is 31.2 Å². The van der Waals surface area contributed by atoms with Crippen molar-refractivity contribution in [2.45, 2.75) is 17.9 Å². The van der Waals surface area contributed by atoms with Crippen LogP contribution in [0.3, 0.4) is 0 Å². The van der Waals surface area contributed by atoms with Crippen molar-refractivity contribution in [3.63, 3.8) is 0 Å². The molecule has 92 valence electrons. The topological polar surface area (TPSA) is 81.4 Å². The van der Waals surface area contributed by atoms with Gasteiger partial charge in [0.05, 0.1) is 23.1 Å². The summed E-state index contributed by atoms with van der Waals surface area (Å²) in [5.74, 6) is 0. The van der Waals surface area contributed by atoms with E-state index in [9.17, 15) is 8.42 Å². The summed E-state index contributed by atoms with van der Waals surface area (Å²) < 4.78 is 25.2. The predicted octanol–water partition coefficient (Wildman–Crippen LogP) is 0.560. The largest absolute Gasteiger partial charge is 0.395 e. The summed E-state index contributed by atoms with van der Waals surface area (Å²) in [6.45, 7) is 1.37. The number of aliphatic hydroxyl groups is 1. The fourth-order valence-corrected chi connectivity index (χ4v) is 2.57. The van der Waals surface area contributed by atoms with Gasteiger partial charge in [-0.2, -0.15) is 9.57 Å². The zero-order valence-electron chi connectivity index (χ0n) is 9.66. The Morgan fingerprint density at radius 3 is 2.35 bits per heavy atom. The van der Waals surface area contributed by atoms with E-state index < -0.39 is 16.1 Å². The van der Waals surface area contributed by atoms with E-state index in [1.807, 2.05) is 6.07 Å². The van der Waals surface area contributed by atoms with Crippen molar-refractivity contribution in [2.24, 2.45) is 0 Å². The lowest BCUT2D eigenvalue weighted by atomic mass is 10.2. The number of nitriles is 1. The van der Waals surface area contributed by atoms with Crippen molar-refractivity contribution in [1.82, 2.24) is 4.31 Å². The SMILES string of the molecule is CC(CO)N(C)S(=O)(=O)c1ccc(C#N)cc1. The van der Waals surface area contributed by atoms with Crippen LogP contribution in [0.15, 0.2) is 29.2 Å². The van der Waals surface area contributed by atoms with Gasteiger partial charge in [-0.25, -0.2) is 8.42 Å². The molecular formula is C11H14N2O3S. The van der Waals surface area contributed by atoms with E-state index in [0.29, 0.717) is 5.56 Å². The highest BCUT2D eigenvalue weighted by Gasteiger charge is 2.24. The number of benzene rings is 1. The van der Waals surface area contributed by atoms with Gasteiger partial charge in [0.25, 0.3) is 0 Å². The molecule has 1 unspecified atom stereocenters. The first-order chi connectivity index (χ1) is 7.93. The molecule has 1 aromatic carbocycles.